The molecule has 1 saturated heterocycles. The highest BCUT2D eigenvalue weighted by atomic mass is 16.5. The molecule has 2 heterocycles. The number of amides is 1. The number of fused-ring (bicyclic) bond motifs is 2. The van der Waals surface area contributed by atoms with E-state index in [2.05, 4.69) is 22.4 Å². The molecule has 2 aliphatic rings. The maximum atomic E-state index is 11.4. The van der Waals surface area contributed by atoms with E-state index in [9.17, 15) is 4.79 Å². The van der Waals surface area contributed by atoms with Crippen LogP contribution >= 0.6 is 0 Å². The minimum Gasteiger partial charge on any atom is -0.361 e. The highest BCUT2D eigenvalue weighted by Gasteiger charge is 2.36. The van der Waals surface area contributed by atoms with Crippen LogP contribution in [-0.4, -0.2) is 23.5 Å². The number of hydrogen-bond donors (Lipinski definition) is 2. The van der Waals surface area contributed by atoms with Crippen molar-refractivity contribution < 1.29 is 9.53 Å². The molecule has 1 aliphatic carbocycles. The minimum absolute atomic E-state index is 0.00338. The molecule has 86 valence electrons. The lowest BCUT2D eigenvalue weighted by molar-refractivity contribution is -0.137. The number of carbonyl (C=O) groups is 1. The monoisotopic (exact) mass is 228 g/mol. The maximum absolute atomic E-state index is 11.4. The summed E-state index contributed by atoms with van der Waals surface area (Å²) in [6.07, 6.45) is 2.84. The molecular weight excluding hydrogens is 216 g/mol. The summed E-state index contributed by atoms with van der Waals surface area (Å²) in [5.41, 5.74) is 3.61. The van der Waals surface area contributed by atoms with Gasteiger partial charge in [-0.2, -0.15) is 0 Å². The molecule has 2 atom stereocenters. The summed E-state index contributed by atoms with van der Waals surface area (Å²) < 4.78 is 5.67. The molecule has 1 aromatic heterocycles. The van der Waals surface area contributed by atoms with Gasteiger partial charge < -0.3 is 15.0 Å². The van der Waals surface area contributed by atoms with Crippen LogP contribution in [0.1, 0.15) is 17.2 Å². The largest absolute Gasteiger partial charge is 0.361 e. The number of carbonyl (C=O) groups excluding carboxylic acids is 1. The van der Waals surface area contributed by atoms with Gasteiger partial charge in [-0.05, 0) is 18.1 Å². The quantitative estimate of drug-likeness (QED) is 0.713. The van der Waals surface area contributed by atoms with Crippen molar-refractivity contribution in [3.63, 3.8) is 0 Å². The van der Waals surface area contributed by atoms with Crippen LogP contribution in [0.4, 0.5) is 0 Å². The van der Waals surface area contributed by atoms with E-state index in [4.69, 9.17) is 4.74 Å². The second kappa shape index (κ2) is 3.11. The molecule has 1 amide bonds. The molecule has 0 radical (unpaired) electrons. The number of ether oxygens (including phenoxy) is 1. The molecule has 0 spiro atoms. The van der Waals surface area contributed by atoms with Crippen LogP contribution in [-0.2, 0) is 16.0 Å². The van der Waals surface area contributed by atoms with Gasteiger partial charge in [0.15, 0.2) is 0 Å². The van der Waals surface area contributed by atoms with E-state index in [1.165, 1.54) is 16.5 Å². The SMILES string of the molecule is O=C1COC2c3c[nH]c4cccc(c34)CC2N1. The number of nitrogens with one attached hydrogen (secondary N) is 2. The number of hydrogen-bond acceptors (Lipinski definition) is 2. The van der Waals surface area contributed by atoms with E-state index in [1.807, 2.05) is 12.3 Å². The number of H-pyrrole nitrogens is 1. The Morgan fingerprint density at radius 3 is 3.24 bits per heavy atom. The number of aromatic nitrogens is 1. The van der Waals surface area contributed by atoms with Gasteiger partial charge in [0.25, 0.3) is 0 Å². The first kappa shape index (κ1) is 9.24. The van der Waals surface area contributed by atoms with E-state index in [-0.39, 0.29) is 24.7 Å². The normalized spacial score (nSPS) is 26.7. The average Bonchev–Trinajstić information content (AvgIpc) is 2.75. The predicted octanol–water partition coefficient (Wildman–Crippen LogP) is 1.28. The van der Waals surface area contributed by atoms with Crippen molar-refractivity contribution in [3.05, 3.63) is 35.5 Å². The number of benzene rings is 1. The molecule has 4 rings (SSSR count). The standard InChI is InChI=1S/C13H12N2O2/c16-11-6-17-13-8-5-14-9-3-1-2-7(12(8)9)4-10(13)15-11/h1-3,5,10,13-14H,4,6H2,(H,15,16). The molecule has 4 heteroatoms. The molecule has 4 nitrogen and oxygen atoms in total. The topological polar surface area (TPSA) is 54.1 Å². The molecular formula is C13H12N2O2. The highest BCUT2D eigenvalue weighted by Crippen LogP contribution is 2.38. The van der Waals surface area contributed by atoms with Crippen molar-refractivity contribution >= 4 is 16.8 Å². The average molecular weight is 228 g/mol. The number of morpholine rings is 1. The van der Waals surface area contributed by atoms with Gasteiger partial charge in [-0.3, -0.25) is 4.79 Å². The van der Waals surface area contributed by atoms with E-state index < -0.39 is 0 Å². The summed E-state index contributed by atoms with van der Waals surface area (Å²) >= 11 is 0. The van der Waals surface area contributed by atoms with Gasteiger partial charge in [-0.25, -0.2) is 0 Å². The van der Waals surface area contributed by atoms with Crippen molar-refractivity contribution in [1.29, 1.82) is 0 Å². The van der Waals surface area contributed by atoms with E-state index in [0.717, 1.165) is 11.9 Å². The third kappa shape index (κ3) is 1.18. The van der Waals surface area contributed by atoms with Crippen molar-refractivity contribution in [2.75, 3.05) is 6.61 Å². The summed E-state index contributed by atoms with van der Waals surface area (Å²) in [5.74, 6) is -0.0163. The van der Waals surface area contributed by atoms with Crippen LogP contribution in [0.5, 0.6) is 0 Å². The first-order valence-corrected chi connectivity index (χ1v) is 5.83. The second-order valence-corrected chi connectivity index (χ2v) is 4.69. The maximum Gasteiger partial charge on any atom is 0.246 e. The van der Waals surface area contributed by atoms with Crippen LogP contribution in [0.2, 0.25) is 0 Å². The molecule has 17 heavy (non-hydrogen) atoms. The Morgan fingerprint density at radius 2 is 2.29 bits per heavy atom. The lowest BCUT2D eigenvalue weighted by atomic mass is 9.86. The Bertz CT molecular complexity index is 617. The van der Waals surface area contributed by atoms with Gasteiger partial charge in [-0.15, -0.1) is 0 Å². The Labute approximate surface area is 98.0 Å². The summed E-state index contributed by atoms with van der Waals surface area (Å²) in [6.45, 7) is 0.163. The molecule has 2 N–H and O–H groups in total. The Kier molecular flexibility index (Phi) is 1.69. The zero-order chi connectivity index (χ0) is 11.4. The van der Waals surface area contributed by atoms with Gasteiger partial charge >= 0.3 is 0 Å². The van der Waals surface area contributed by atoms with Gasteiger partial charge in [0.2, 0.25) is 5.91 Å². The highest BCUT2D eigenvalue weighted by molar-refractivity contribution is 5.89. The van der Waals surface area contributed by atoms with Crippen molar-refractivity contribution in [2.45, 2.75) is 18.6 Å². The smallest absolute Gasteiger partial charge is 0.246 e. The van der Waals surface area contributed by atoms with Gasteiger partial charge in [0, 0.05) is 22.7 Å². The number of aromatic amines is 1. The van der Waals surface area contributed by atoms with E-state index in [1.54, 1.807) is 0 Å². The van der Waals surface area contributed by atoms with Crippen LogP contribution in [0.25, 0.3) is 10.9 Å². The molecule has 2 aromatic rings. The fourth-order valence-corrected chi connectivity index (χ4v) is 2.99. The van der Waals surface area contributed by atoms with Crippen molar-refractivity contribution in [1.82, 2.24) is 10.3 Å². The van der Waals surface area contributed by atoms with Crippen LogP contribution in [0, 0.1) is 0 Å². The zero-order valence-electron chi connectivity index (χ0n) is 9.19. The first-order chi connectivity index (χ1) is 8.33. The summed E-state index contributed by atoms with van der Waals surface area (Å²) in [7, 11) is 0. The van der Waals surface area contributed by atoms with Gasteiger partial charge in [0.05, 0.1) is 6.04 Å². The van der Waals surface area contributed by atoms with Crippen molar-refractivity contribution in [2.24, 2.45) is 0 Å². The van der Waals surface area contributed by atoms with Crippen LogP contribution in [0.3, 0.4) is 0 Å². The lowest BCUT2D eigenvalue weighted by Crippen LogP contribution is -2.49. The fraction of sp³-hybridized carbons (Fsp3) is 0.308. The first-order valence-electron chi connectivity index (χ1n) is 5.83. The predicted molar refractivity (Wildman–Crippen MR) is 62.6 cm³/mol. The summed E-state index contributed by atoms with van der Waals surface area (Å²) in [6, 6.07) is 6.31. The molecule has 1 fully saturated rings. The summed E-state index contributed by atoms with van der Waals surface area (Å²) in [5, 5.41) is 4.28. The fourth-order valence-electron chi connectivity index (χ4n) is 2.99. The minimum atomic E-state index is -0.0163. The molecule has 2 unspecified atom stereocenters. The second-order valence-electron chi connectivity index (χ2n) is 4.69. The molecule has 0 saturated carbocycles. The third-order valence-corrected chi connectivity index (χ3v) is 3.67. The Morgan fingerprint density at radius 1 is 1.35 bits per heavy atom. The third-order valence-electron chi connectivity index (χ3n) is 3.67. The number of rotatable bonds is 0. The Hall–Kier alpha value is -1.81. The lowest BCUT2D eigenvalue weighted by Gasteiger charge is -2.35. The molecule has 1 aromatic carbocycles. The van der Waals surface area contributed by atoms with Gasteiger partial charge in [0.1, 0.15) is 12.7 Å². The molecule has 0 bridgehead atoms. The van der Waals surface area contributed by atoms with Gasteiger partial charge in [-0.1, -0.05) is 12.1 Å². The summed E-state index contributed by atoms with van der Waals surface area (Å²) in [4.78, 5) is 14.6. The van der Waals surface area contributed by atoms with Crippen LogP contribution < -0.4 is 5.32 Å². The van der Waals surface area contributed by atoms with E-state index >= 15 is 0 Å². The van der Waals surface area contributed by atoms with Crippen molar-refractivity contribution in [3.8, 4) is 0 Å². The Balaban J connectivity index is 1.92. The zero-order valence-corrected chi connectivity index (χ0v) is 9.19. The van der Waals surface area contributed by atoms with E-state index in [0.29, 0.717) is 0 Å². The van der Waals surface area contributed by atoms with Crippen LogP contribution in [0.15, 0.2) is 24.4 Å². The molecule has 1 aliphatic heterocycles.